The van der Waals surface area contributed by atoms with Gasteiger partial charge in [-0.25, -0.2) is 0 Å². The Morgan fingerprint density at radius 2 is 2.11 bits per heavy atom. The number of nitrogens with two attached hydrogens (primary N) is 1. The molecule has 0 aliphatic rings. The van der Waals surface area contributed by atoms with E-state index in [1.807, 2.05) is 32.2 Å². The summed E-state index contributed by atoms with van der Waals surface area (Å²) in [5.41, 5.74) is 9.11. The third-order valence-electron chi connectivity index (χ3n) is 3.00. The van der Waals surface area contributed by atoms with E-state index >= 15 is 0 Å². The number of aliphatic hydroxyl groups excluding tert-OH is 1. The molecule has 0 amide bonds. The fraction of sp³-hybridized carbons (Fsp3) is 0.308. The van der Waals surface area contributed by atoms with E-state index in [2.05, 4.69) is 21.0 Å². The first-order valence-electron chi connectivity index (χ1n) is 5.71. The summed E-state index contributed by atoms with van der Waals surface area (Å²) in [6, 6.07) is 7.37. The van der Waals surface area contributed by atoms with Gasteiger partial charge in [0.15, 0.2) is 0 Å². The minimum absolute atomic E-state index is 0.478. The molecule has 96 valence electrons. The van der Waals surface area contributed by atoms with E-state index in [9.17, 15) is 5.11 Å². The number of aliphatic hydroxyl groups is 1. The van der Waals surface area contributed by atoms with Crippen LogP contribution >= 0.6 is 15.9 Å². The highest BCUT2D eigenvalue weighted by Crippen LogP contribution is 2.28. The van der Waals surface area contributed by atoms with Gasteiger partial charge < -0.3 is 10.8 Å². The van der Waals surface area contributed by atoms with E-state index in [4.69, 9.17) is 5.73 Å². The predicted molar refractivity (Wildman–Crippen MR) is 75.2 cm³/mol. The van der Waals surface area contributed by atoms with Gasteiger partial charge >= 0.3 is 0 Å². The maximum Gasteiger partial charge on any atom is 0.0865 e. The number of aromatic nitrogens is 2. The Morgan fingerprint density at radius 3 is 2.67 bits per heavy atom. The molecular weight excluding hydrogens is 294 g/mol. The fourth-order valence-corrected chi connectivity index (χ4v) is 2.51. The van der Waals surface area contributed by atoms with Gasteiger partial charge in [-0.15, -0.1) is 0 Å². The molecular formula is C13H16BrN3O. The number of benzene rings is 1. The van der Waals surface area contributed by atoms with Crippen LogP contribution in [0.3, 0.4) is 0 Å². The first-order valence-corrected chi connectivity index (χ1v) is 6.50. The summed E-state index contributed by atoms with van der Waals surface area (Å²) >= 11 is 3.49. The molecule has 0 aliphatic carbocycles. The van der Waals surface area contributed by atoms with E-state index in [1.165, 1.54) is 0 Å². The van der Waals surface area contributed by atoms with Crippen molar-refractivity contribution in [1.82, 2.24) is 9.78 Å². The lowest BCUT2D eigenvalue weighted by Gasteiger charge is -2.13. The molecule has 1 heterocycles. The topological polar surface area (TPSA) is 64.1 Å². The van der Waals surface area contributed by atoms with Gasteiger partial charge in [0.2, 0.25) is 0 Å². The number of nitrogens with zero attached hydrogens (tertiary/aromatic N) is 2. The average molecular weight is 310 g/mol. The molecule has 0 bridgehead atoms. The zero-order valence-corrected chi connectivity index (χ0v) is 12.0. The Balaban J connectivity index is 2.27. The van der Waals surface area contributed by atoms with Gasteiger partial charge in [0.25, 0.3) is 0 Å². The molecule has 1 atom stereocenters. The number of hydrogen-bond donors (Lipinski definition) is 2. The maximum absolute atomic E-state index is 10.3. The lowest BCUT2D eigenvalue weighted by molar-refractivity contribution is 0.176. The van der Waals surface area contributed by atoms with Crippen LogP contribution in [0.4, 0.5) is 5.69 Å². The summed E-state index contributed by atoms with van der Waals surface area (Å²) in [6.45, 7) is 1.93. The van der Waals surface area contributed by atoms with Crippen LogP contribution in [-0.2, 0) is 13.5 Å². The quantitative estimate of drug-likeness (QED) is 0.855. The number of hydrogen-bond acceptors (Lipinski definition) is 3. The van der Waals surface area contributed by atoms with Crippen molar-refractivity contribution < 1.29 is 5.11 Å². The molecule has 0 saturated carbocycles. The van der Waals surface area contributed by atoms with Gasteiger partial charge in [0.1, 0.15) is 0 Å². The lowest BCUT2D eigenvalue weighted by atomic mass is 10.0. The summed E-state index contributed by atoms with van der Waals surface area (Å²) in [7, 11) is 1.87. The first kappa shape index (κ1) is 13.1. The van der Waals surface area contributed by atoms with Crippen molar-refractivity contribution in [1.29, 1.82) is 0 Å². The highest BCUT2D eigenvalue weighted by atomic mass is 79.9. The molecule has 4 nitrogen and oxygen atoms in total. The van der Waals surface area contributed by atoms with Crippen LogP contribution in [0.15, 0.2) is 28.7 Å². The Labute approximate surface area is 115 Å². The number of nitrogen functional groups attached to an aromatic ring is 1. The van der Waals surface area contributed by atoms with Crippen LogP contribution in [0.25, 0.3) is 0 Å². The molecule has 1 unspecified atom stereocenters. The maximum atomic E-state index is 10.3. The van der Waals surface area contributed by atoms with Gasteiger partial charge in [-0.3, -0.25) is 4.68 Å². The van der Waals surface area contributed by atoms with Crippen LogP contribution < -0.4 is 5.73 Å². The molecule has 2 rings (SSSR count). The Morgan fingerprint density at radius 1 is 1.44 bits per heavy atom. The fourth-order valence-electron chi connectivity index (χ4n) is 2.01. The third-order valence-corrected chi connectivity index (χ3v) is 4.03. The summed E-state index contributed by atoms with van der Waals surface area (Å²) in [5.74, 6) is 0. The first-order chi connectivity index (χ1) is 8.50. The molecule has 18 heavy (non-hydrogen) atoms. The van der Waals surface area contributed by atoms with Crippen molar-refractivity contribution in [2.75, 3.05) is 5.73 Å². The zero-order chi connectivity index (χ0) is 13.3. The monoisotopic (exact) mass is 309 g/mol. The van der Waals surface area contributed by atoms with Crippen LogP contribution in [0.1, 0.15) is 23.1 Å². The van der Waals surface area contributed by atoms with Crippen molar-refractivity contribution >= 4 is 21.6 Å². The van der Waals surface area contributed by atoms with Gasteiger partial charge in [-0.05, 0) is 28.9 Å². The summed E-state index contributed by atoms with van der Waals surface area (Å²) in [6.07, 6.45) is -0.149. The molecule has 0 fully saturated rings. The van der Waals surface area contributed by atoms with Crippen molar-refractivity contribution in [3.05, 3.63) is 45.7 Å². The number of anilines is 1. The molecule has 1 aromatic heterocycles. The Kier molecular flexibility index (Phi) is 3.73. The smallest absolute Gasteiger partial charge is 0.0865 e. The van der Waals surface area contributed by atoms with Gasteiger partial charge in [0, 0.05) is 24.7 Å². The molecule has 0 aliphatic heterocycles. The normalized spacial score (nSPS) is 12.7. The second kappa shape index (κ2) is 5.12. The molecule has 5 heteroatoms. The van der Waals surface area contributed by atoms with Crippen molar-refractivity contribution in [3.8, 4) is 0 Å². The van der Waals surface area contributed by atoms with Crippen LogP contribution in [0, 0.1) is 6.92 Å². The summed E-state index contributed by atoms with van der Waals surface area (Å²) < 4.78 is 2.72. The van der Waals surface area contributed by atoms with E-state index in [0.717, 1.165) is 21.4 Å². The predicted octanol–water partition coefficient (Wildman–Crippen LogP) is 2.35. The molecule has 0 radical (unpaired) electrons. The van der Waals surface area contributed by atoms with Crippen LogP contribution in [0.5, 0.6) is 0 Å². The largest absolute Gasteiger partial charge is 0.398 e. The van der Waals surface area contributed by atoms with Crippen molar-refractivity contribution in [2.45, 2.75) is 19.4 Å². The van der Waals surface area contributed by atoms with E-state index in [0.29, 0.717) is 12.1 Å². The lowest BCUT2D eigenvalue weighted by Crippen LogP contribution is -2.08. The number of para-hydroxylation sites is 1. The summed E-state index contributed by atoms with van der Waals surface area (Å²) in [4.78, 5) is 0. The highest BCUT2D eigenvalue weighted by Gasteiger charge is 2.17. The molecule has 0 saturated heterocycles. The second-order valence-corrected chi connectivity index (χ2v) is 5.11. The Hall–Kier alpha value is -1.33. The number of rotatable bonds is 3. The SMILES string of the molecule is Cc1nn(C)c(CC(O)c2ccccc2N)c1Br. The number of halogens is 1. The van der Waals surface area contributed by atoms with Gasteiger partial charge in [0.05, 0.1) is 22.0 Å². The number of aryl methyl sites for hydroxylation is 2. The minimum atomic E-state index is -0.628. The highest BCUT2D eigenvalue weighted by molar-refractivity contribution is 9.10. The molecule has 3 N–H and O–H groups in total. The van der Waals surface area contributed by atoms with Crippen molar-refractivity contribution in [2.24, 2.45) is 7.05 Å². The molecule has 1 aromatic carbocycles. The summed E-state index contributed by atoms with van der Waals surface area (Å²) in [5, 5.41) is 14.6. The third kappa shape index (κ3) is 2.42. The van der Waals surface area contributed by atoms with Crippen LogP contribution in [-0.4, -0.2) is 14.9 Å². The minimum Gasteiger partial charge on any atom is -0.398 e. The second-order valence-electron chi connectivity index (χ2n) is 4.32. The average Bonchev–Trinajstić information content (AvgIpc) is 2.56. The van der Waals surface area contributed by atoms with E-state index in [1.54, 1.807) is 10.7 Å². The zero-order valence-electron chi connectivity index (χ0n) is 10.4. The van der Waals surface area contributed by atoms with Gasteiger partial charge in [-0.2, -0.15) is 5.10 Å². The van der Waals surface area contributed by atoms with E-state index in [-0.39, 0.29) is 0 Å². The molecule has 2 aromatic rings. The van der Waals surface area contributed by atoms with E-state index < -0.39 is 6.10 Å². The Bertz CT molecular complexity index is 565. The van der Waals surface area contributed by atoms with Gasteiger partial charge in [-0.1, -0.05) is 18.2 Å². The van der Waals surface area contributed by atoms with Crippen LogP contribution in [0.2, 0.25) is 0 Å². The standard InChI is InChI=1S/C13H16BrN3O/c1-8-13(14)11(17(2)16-8)7-12(18)9-5-3-4-6-10(9)15/h3-6,12,18H,7,15H2,1-2H3. The molecule has 0 spiro atoms. The van der Waals surface area contributed by atoms with Crippen molar-refractivity contribution in [3.63, 3.8) is 0 Å².